The van der Waals surface area contributed by atoms with Gasteiger partial charge in [-0.25, -0.2) is 13.2 Å². The molecule has 1 heterocycles. The zero-order valence-corrected chi connectivity index (χ0v) is 13.5. The van der Waals surface area contributed by atoms with Crippen LogP contribution in [0.1, 0.15) is 5.56 Å². The van der Waals surface area contributed by atoms with Crippen LogP contribution < -0.4 is 5.32 Å². The minimum absolute atomic E-state index is 0.183. The van der Waals surface area contributed by atoms with Crippen molar-refractivity contribution in [3.63, 3.8) is 0 Å². The van der Waals surface area contributed by atoms with E-state index in [0.717, 1.165) is 22.9 Å². The summed E-state index contributed by atoms with van der Waals surface area (Å²) in [6.07, 6.45) is 0. The number of rotatable bonds is 3. The summed E-state index contributed by atoms with van der Waals surface area (Å²) in [4.78, 5) is 0. The van der Waals surface area contributed by atoms with Gasteiger partial charge in [-0.2, -0.15) is 0 Å². The smallest absolute Gasteiger partial charge is 0.166 e. The molecule has 126 valence electrons. The number of hydrogen-bond acceptors (Lipinski definition) is 2. The van der Waals surface area contributed by atoms with Crippen LogP contribution in [0.4, 0.5) is 18.9 Å². The van der Waals surface area contributed by atoms with Crippen LogP contribution >= 0.6 is 11.6 Å². The molecule has 3 aromatic carbocycles. The summed E-state index contributed by atoms with van der Waals surface area (Å²) in [5, 5.41) is 5.15. The number of benzene rings is 3. The Morgan fingerprint density at radius 1 is 0.840 bits per heavy atom. The Morgan fingerprint density at radius 3 is 2.32 bits per heavy atom. The standard InChI is InChI=1S/C19H11ClF3NO/c20-10-1-5-17-12(7-10)13-8-11(2-6-18(13)25-17)24-9-14-15(21)3-4-16(22)19(14)23/h1-8,24H,9H2. The van der Waals surface area contributed by atoms with Crippen molar-refractivity contribution in [2.24, 2.45) is 0 Å². The van der Waals surface area contributed by atoms with Gasteiger partial charge in [0.05, 0.1) is 0 Å². The van der Waals surface area contributed by atoms with Crippen LogP contribution in [0.3, 0.4) is 0 Å². The second-order valence-electron chi connectivity index (χ2n) is 5.63. The van der Waals surface area contributed by atoms with Gasteiger partial charge in [0.15, 0.2) is 11.6 Å². The third-order valence-corrected chi connectivity index (χ3v) is 4.27. The van der Waals surface area contributed by atoms with Crippen molar-refractivity contribution in [2.75, 3.05) is 5.32 Å². The zero-order chi connectivity index (χ0) is 17.6. The molecule has 2 nitrogen and oxygen atoms in total. The van der Waals surface area contributed by atoms with Crippen LogP contribution in [0.2, 0.25) is 5.02 Å². The van der Waals surface area contributed by atoms with Crippen LogP contribution in [0.5, 0.6) is 0 Å². The van der Waals surface area contributed by atoms with E-state index in [2.05, 4.69) is 5.32 Å². The van der Waals surface area contributed by atoms with Crippen LogP contribution in [0.15, 0.2) is 52.9 Å². The molecule has 0 unspecified atom stereocenters. The van der Waals surface area contributed by atoms with Gasteiger partial charge in [-0.1, -0.05) is 11.6 Å². The fraction of sp³-hybridized carbons (Fsp3) is 0.0526. The average Bonchev–Trinajstić information content (AvgIpc) is 2.95. The van der Waals surface area contributed by atoms with Gasteiger partial charge in [-0.05, 0) is 48.5 Å². The molecule has 4 rings (SSSR count). The molecule has 0 bridgehead atoms. The van der Waals surface area contributed by atoms with E-state index in [-0.39, 0.29) is 12.1 Å². The molecule has 0 aliphatic heterocycles. The molecule has 0 amide bonds. The van der Waals surface area contributed by atoms with E-state index in [4.69, 9.17) is 16.0 Å². The van der Waals surface area contributed by atoms with Crippen molar-refractivity contribution in [3.05, 3.63) is 76.6 Å². The largest absolute Gasteiger partial charge is 0.456 e. The van der Waals surface area contributed by atoms with Gasteiger partial charge >= 0.3 is 0 Å². The number of anilines is 1. The maximum Gasteiger partial charge on any atom is 0.166 e. The molecular weight excluding hydrogens is 351 g/mol. The van der Waals surface area contributed by atoms with Crippen LogP contribution in [-0.4, -0.2) is 0 Å². The normalized spacial score (nSPS) is 11.4. The summed E-state index contributed by atoms with van der Waals surface area (Å²) in [6, 6.07) is 12.3. The van der Waals surface area contributed by atoms with E-state index in [1.165, 1.54) is 0 Å². The molecule has 25 heavy (non-hydrogen) atoms. The maximum absolute atomic E-state index is 13.7. The van der Waals surface area contributed by atoms with Crippen molar-refractivity contribution in [1.82, 2.24) is 0 Å². The Balaban J connectivity index is 1.70. The second-order valence-corrected chi connectivity index (χ2v) is 6.07. The summed E-state index contributed by atoms with van der Waals surface area (Å²) in [5.41, 5.74) is 1.64. The molecule has 0 radical (unpaired) electrons. The van der Waals surface area contributed by atoms with Gasteiger partial charge in [0.2, 0.25) is 0 Å². The average molecular weight is 362 g/mol. The van der Waals surface area contributed by atoms with E-state index < -0.39 is 17.5 Å². The maximum atomic E-state index is 13.7. The molecule has 0 fully saturated rings. The van der Waals surface area contributed by atoms with Crippen molar-refractivity contribution < 1.29 is 17.6 Å². The highest BCUT2D eigenvalue weighted by Gasteiger charge is 2.14. The first-order chi connectivity index (χ1) is 12.0. The highest BCUT2D eigenvalue weighted by atomic mass is 35.5. The Bertz CT molecular complexity index is 1110. The molecule has 0 saturated heterocycles. The van der Waals surface area contributed by atoms with Gasteiger partial charge in [0.1, 0.15) is 17.0 Å². The third kappa shape index (κ3) is 2.81. The molecule has 0 aliphatic rings. The Morgan fingerprint density at radius 2 is 1.52 bits per heavy atom. The van der Waals surface area contributed by atoms with Gasteiger partial charge in [-0.15, -0.1) is 0 Å². The lowest BCUT2D eigenvalue weighted by atomic mass is 10.1. The number of fused-ring (bicyclic) bond motifs is 3. The van der Waals surface area contributed by atoms with Crippen molar-refractivity contribution >= 4 is 39.2 Å². The molecule has 1 aromatic heterocycles. The molecule has 0 aliphatic carbocycles. The molecule has 0 atom stereocenters. The molecule has 0 spiro atoms. The van der Waals surface area contributed by atoms with E-state index in [9.17, 15) is 13.2 Å². The predicted octanol–water partition coefficient (Wildman–Crippen LogP) is 6.27. The lowest BCUT2D eigenvalue weighted by Gasteiger charge is -2.09. The van der Waals surface area contributed by atoms with E-state index >= 15 is 0 Å². The first-order valence-electron chi connectivity index (χ1n) is 7.51. The van der Waals surface area contributed by atoms with E-state index in [1.54, 1.807) is 36.4 Å². The zero-order valence-electron chi connectivity index (χ0n) is 12.7. The Kier molecular flexibility index (Phi) is 3.81. The Hall–Kier alpha value is -2.66. The summed E-state index contributed by atoms with van der Waals surface area (Å²) in [7, 11) is 0. The summed E-state index contributed by atoms with van der Waals surface area (Å²) in [5.74, 6) is -3.06. The fourth-order valence-electron chi connectivity index (χ4n) is 2.78. The van der Waals surface area contributed by atoms with Gasteiger partial charge in [0, 0.05) is 33.6 Å². The van der Waals surface area contributed by atoms with Crippen LogP contribution in [0.25, 0.3) is 21.9 Å². The number of hydrogen-bond donors (Lipinski definition) is 1. The summed E-state index contributed by atoms with van der Waals surface area (Å²) in [6.45, 7) is -0.183. The monoisotopic (exact) mass is 361 g/mol. The van der Waals surface area contributed by atoms with Crippen LogP contribution in [0, 0.1) is 17.5 Å². The minimum atomic E-state index is -1.19. The molecule has 1 N–H and O–H groups in total. The first kappa shape index (κ1) is 15.8. The van der Waals surface area contributed by atoms with Crippen molar-refractivity contribution in [2.45, 2.75) is 6.54 Å². The Labute approximate surface area is 145 Å². The van der Waals surface area contributed by atoms with Gasteiger partial charge in [-0.3, -0.25) is 0 Å². The number of halogens is 4. The molecule has 0 saturated carbocycles. The highest BCUT2D eigenvalue weighted by Crippen LogP contribution is 2.32. The van der Waals surface area contributed by atoms with Crippen LogP contribution in [-0.2, 0) is 6.54 Å². The quantitative estimate of drug-likeness (QED) is 0.435. The fourth-order valence-corrected chi connectivity index (χ4v) is 2.95. The topological polar surface area (TPSA) is 25.2 Å². The summed E-state index contributed by atoms with van der Waals surface area (Å²) >= 11 is 6.03. The number of furan rings is 1. The lowest BCUT2D eigenvalue weighted by Crippen LogP contribution is -2.06. The van der Waals surface area contributed by atoms with Crippen molar-refractivity contribution in [3.8, 4) is 0 Å². The lowest BCUT2D eigenvalue weighted by molar-refractivity contribution is 0.482. The summed E-state index contributed by atoms with van der Waals surface area (Å²) < 4.78 is 46.4. The third-order valence-electron chi connectivity index (χ3n) is 4.04. The van der Waals surface area contributed by atoms with Gasteiger partial charge in [0.25, 0.3) is 0 Å². The molecule has 6 heteroatoms. The molecule has 4 aromatic rings. The predicted molar refractivity (Wildman–Crippen MR) is 92.4 cm³/mol. The highest BCUT2D eigenvalue weighted by molar-refractivity contribution is 6.31. The van der Waals surface area contributed by atoms with E-state index in [0.29, 0.717) is 21.9 Å². The van der Waals surface area contributed by atoms with E-state index in [1.807, 2.05) is 0 Å². The minimum Gasteiger partial charge on any atom is -0.456 e. The number of nitrogens with one attached hydrogen (secondary N) is 1. The SMILES string of the molecule is Fc1ccc(F)c(CNc2ccc3oc4ccc(Cl)cc4c3c2)c1F. The van der Waals surface area contributed by atoms with Gasteiger partial charge < -0.3 is 9.73 Å². The van der Waals surface area contributed by atoms with Crippen molar-refractivity contribution in [1.29, 1.82) is 0 Å². The first-order valence-corrected chi connectivity index (χ1v) is 7.89. The molecular formula is C19H11ClF3NO. The second kappa shape index (κ2) is 6.01.